The van der Waals surface area contributed by atoms with Crippen LogP contribution in [0.4, 0.5) is 0 Å². The lowest BCUT2D eigenvalue weighted by Crippen LogP contribution is -2.33. The van der Waals surface area contributed by atoms with Gasteiger partial charge in [-0.15, -0.1) is 0 Å². The molecule has 0 fully saturated rings. The molecule has 0 bridgehead atoms. The van der Waals surface area contributed by atoms with Gasteiger partial charge in [0.2, 0.25) is 0 Å². The van der Waals surface area contributed by atoms with Crippen LogP contribution in [0.3, 0.4) is 0 Å². The molecular weight excluding hydrogens is 372 g/mol. The van der Waals surface area contributed by atoms with Crippen molar-refractivity contribution in [2.45, 2.75) is 147 Å². The second-order valence-corrected chi connectivity index (χ2v) is 10.1. The Hall–Kier alpha value is -0.130. The molecule has 4 nitrogen and oxygen atoms in total. The maximum Gasteiger partial charge on any atom is 0.270 e. The van der Waals surface area contributed by atoms with E-state index in [9.17, 15) is 18.1 Å². The van der Waals surface area contributed by atoms with Crippen LogP contribution in [0.2, 0.25) is 0 Å². The van der Waals surface area contributed by atoms with Crippen LogP contribution in [-0.2, 0) is 10.1 Å². The average molecular weight is 421 g/mol. The van der Waals surface area contributed by atoms with E-state index < -0.39 is 21.5 Å². The molecule has 2 N–H and O–H groups in total. The first-order valence-electron chi connectivity index (χ1n) is 12.1. The fourth-order valence-electron chi connectivity index (χ4n) is 3.87. The molecule has 0 aromatic carbocycles. The predicted octanol–water partition coefficient (Wildman–Crippen LogP) is 7.06. The summed E-state index contributed by atoms with van der Waals surface area (Å²) >= 11 is 0. The van der Waals surface area contributed by atoms with Crippen LogP contribution >= 0.6 is 0 Å². The molecule has 0 heterocycles. The fourth-order valence-corrected chi connectivity index (χ4v) is 4.87. The quantitative estimate of drug-likeness (QED) is 0.154. The van der Waals surface area contributed by atoms with E-state index in [1.807, 2.05) is 0 Å². The minimum Gasteiger partial charge on any atom is -0.392 e. The molecule has 0 aliphatic carbocycles. The zero-order chi connectivity index (χ0) is 21.1. The molecule has 170 valence electrons. The van der Waals surface area contributed by atoms with Gasteiger partial charge in [-0.2, -0.15) is 8.42 Å². The van der Waals surface area contributed by atoms with Gasteiger partial charge in [-0.3, -0.25) is 4.55 Å². The van der Waals surface area contributed by atoms with Crippen LogP contribution < -0.4 is 0 Å². The van der Waals surface area contributed by atoms with Crippen molar-refractivity contribution >= 4 is 10.1 Å². The number of aliphatic hydroxyl groups is 1. The summed E-state index contributed by atoms with van der Waals surface area (Å²) in [7, 11) is -4.17. The van der Waals surface area contributed by atoms with Gasteiger partial charge in [-0.1, -0.05) is 123 Å². The van der Waals surface area contributed by atoms with Crippen molar-refractivity contribution in [3.05, 3.63) is 0 Å². The molecule has 2 atom stereocenters. The van der Waals surface area contributed by atoms with Gasteiger partial charge in [-0.05, 0) is 12.8 Å². The lowest BCUT2D eigenvalue weighted by molar-refractivity contribution is 0.146. The van der Waals surface area contributed by atoms with Crippen LogP contribution in [0, 0.1) is 0 Å². The van der Waals surface area contributed by atoms with Gasteiger partial charge in [0.25, 0.3) is 10.1 Å². The smallest absolute Gasteiger partial charge is 0.270 e. The number of hydrogen-bond donors (Lipinski definition) is 2. The number of hydrogen-bond acceptors (Lipinski definition) is 3. The maximum atomic E-state index is 11.6. The lowest BCUT2D eigenvalue weighted by atomic mass is 10.0. The highest BCUT2D eigenvalue weighted by molar-refractivity contribution is 7.86. The summed E-state index contributed by atoms with van der Waals surface area (Å²) in [4.78, 5) is 0. The zero-order valence-corrected chi connectivity index (χ0v) is 19.5. The van der Waals surface area contributed by atoms with Gasteiger partial charge >= 0.3 is 0 Å². The molecule has 0 spiro atoms. The van der Waals surface area contributed by atoms with Gasteiger partial charge in [-0.25, -0.2) is 0 Å². The van der Waals surface area contributed by atoms with E-state index in [-0.39, 0.29) is 0 Å². The van der Waals surface area contributed by atoms with Crippen molar-refractivity contribution in [1.29, 1.82) is 0 Å². The monoisotopic (exact) mass is 420 g/mol. The van der Waals surface area contributed by atoms with Gasteiger partial charge < -0.3 is 5.11 Å². The highest BCUT2D eigenvalue weighted by Crippen LogP contribution is 2.20. The largest absolute Gasteiger partial charge is 0.392 e. The van der Waals surface area contributed by atoms with Crippen LogP contribution in [-0.4, -0.2) is 29.4 Å². The Morgan fingerprint density at radius 3 is 1.29 bits per heavy atom. The molecule has 0 aromatic rings. The maximum absolute atomic E-state index is 11.6. The van der Waals surface area contributed by atoms with Gasteiger partial charge in [0, 0.05) is 0 Å². The molecule has 0 rings (SSSR count). The number of aliphatic hydroxyl groups excluding tert-OH is 1. The van der Waals surface area contributed by atoms with E-state index >= 15 is 0 Å². The van der Waals surface area contributed by atoms with Crippen LogP contribution in [0.1, 0.15) is 136 Å². The van der Waals surface area contributed by atoms with Crippen molar-refractivity contribution in [1.82, 2.24) is 0 Å². The molecule has 0 saturated heterocycles. The summed E-state index contributed by atoms with van der Waals surface area (Å²) in [5.41, 5.74) is 0. The van der Waals surface area contributed by atoms with E-state index in [0.717, 1.165) is 44.9 Å². The molecule has 0 aliphatic rings. The Kier molecular flexibility index (Phi) is 18.8. The Bertz CT molecular complexity index is 422. The van der Waals surface area contributed by atoms with Crippen molar-refractivity contribution in [3.8, 4) is 0 Å². The summed E-state index contributed by atoms with van der Waals surface area (Å²) in [5.74, 6) is 0. The normalized spacial score (nSPS) is 14.3. The minimum absolute atomic E-state index is 0.360. The summed E-state index contributed by atoms with van der Waals surface area (Å²) in [6.45, 7) is 4.35. The lowest BCUT2D eigenvalue weighted by Gasteiger charge is -2.20. The summed E-state index contributed by atoms with van der Waals surface area (Å²) in [6, 6.07) is 0. The first-order chi connectivity index (χ1) is 13.4. The van der Waals surface area contributed by atoms with Gasteiger partial charge in [0.15, 0.2) is 0 Å². The van der Waals surface area contributed by atoms with Crippen molar-refractivity contribution in [2.75, 3.05) is 0 Å². The Labute approximate surface area is 175 Å². The van der Waals surface area contributed by atoms with Crippen molar-refractivity contribution in [3.63, 3.8) is 0 Å². The average Bonchev–Trinajstić information content (AvgIpc) is 2.64. The molecule has 0 aromatic heterocycles. The molecule has 2 unspecified atom stereocenters. The Morgan fingerprint density at radius 1 is 0.571 bits per heavy atom. The SMILES string of the molecule is CCCCCCCCCCCCCCCC(O)C(CCCCCC)S(=O)(=O)O. The summed E-state index contributed by atoms with van der Waals surface area (Å²) in [6.07, 6.45) is 20.1. The zero-order valence-electron chi connectivity index (χ0n) is 18.7. The highest BCUT2D eigenvalue weighted by Gasteiger charge is 2.29. The van der Waals surface area contributed by atoms with Crippen molar-refractivity contribution in [2.24, 2.45) is 0 Å². The van der Waals surface area contributed by atoms with E-state index in [1.54, 1.807) is 0 Å². The van der Waals surface area contributed by atoms with Crippen LogP contribution in [0.25, 0.3) is 0 Å². The molecular formula is C23H48O4S. The van der Waals surface area contributed by atoms with E-state index in [2.05, 4.69) is 13.8 Å². The predicted molar refractivity (Wildman–Crippen MR) is 120 cm³/mol. The van der Waals surface area contributed by atoms with Crippen LogP contribution in [0.15, 0.2) is 0 Å². The second-order valence-electron chi connectivity index (χ2n) is 8.50. The summed E-state index contributed by atoms with van der Waals surface area (Å²) < 4.78 is 32.6. The standard InChI is InChI=1S/C23H48O4S/c1-3-5-7-9-10-11-12-13-14-15-16-17-18-20-22(24)23(28(25,26)27)21-19-8-6-4-2/h22-24H,3-21H2,1-2H3,(H,25,26,27). The third kappa shape index (κ3) is 16.8. The first kappa shape index (κ1) is 27.9. The van der Waals surface area contributed by atoms with Gasteiger partial charge in [0.05, 0.1) is 6.10 Å². The van der Waals surface area contributed by atoms with E-state index in [0.29, 0.717) is 12.8 Å². The molecule has 0 saturated carbocycles. The second kappa shape index (κ2) is 18.9. The Morgan fingerprint density at radius 2 is 0.893 bits per heavy atom. The van der Waals surface area contributed by atoms with Crippen molar-refractivity contribution < 1.29 is 18.1 Å². The van der Waals surface area contributed by atoms with E-state index in [1.165, 1.54) is 64.2 Å². The molecule has 0 aliphatic heterocycles. The fraction of sp³-hybridized carbons (Fsp3) is 1.00. The summed E-state index contributed by atoms with van der Waals surface area (Å²) in [5, 5.41) is 9.23. The van der Waals surface area contributed by atoms with E-state index in [4.69, 9.17) is 0 Å². The van der Waals surface area contributed by atoms with Crippen LogP contribution in [0.5, 0.6) is 0 Å². The third-order valence-electron chi connectivity index (χ3n) is 5.76. The molecule has 5 heteroatoms. The Balaban J connectivity index is 3.68. The molecule has 0 radical (unpaired) electrons. The molecule has 0 amide bonds. The van der Waals surface area contributed by atoms with Gasteiger partial charge in [0.1, 0.15) is 5.25 Å². The number of unbranched alkanes of at least 4 members (excludes halogenated alkanes) is 15. The topological polar surface area (TPSA) is 74.6 Å². The molecule has 28 heavy (non-hydrogen) atoms. The highest BCUT2D eigenvalue weighted by atomic mass is 32.2. The minimum atomic E-state index is -4.17. The third-order valence-corrected chi connectivity index (χ3v) is 7.07. The number of rotatable bonds is 21. The first-order valence-corrected chi connectivity index (χ1v) is 13.6.